The molecule has 0 bridgehead atoms. The molecule has 0 spiro atoms. The van der Waals surface area contributed by atoms with Gasteiger partial charge in [0.25, 0.3) is 0 Å². The van der Waals surface area contributed by atoms with Crippen molar-refractivity contribution in [1.29, 1.82) is 0 Å². The van der Waals surface area contributed by atoms with Crippen LogP contribution < -0.4 is 10.1 Å². The average molecular weight is 388 g/mol. The second-order valence-corrected chi connectivity index (χ2v) is 8.61. The molecule has 3 aromatic rings. The maximum atomic E-state index is 6.55. The molecule has 2 nitrogen and oxygen atoms in total. The third-order valence-electron chi connectivity index (χ3n) is 5.51. The molecule has 0 radical (unpaired) electrons. The lowest BCUT2D eigenvalue weighted by molar-refractivity contribution is 0.243. The third-order valence-corrected chi connectivity index (χ3v) is 5.74. The second kappa shape index (κ2) is 6.15. The van der Waals surface area contributed by atoms with Gasteiger partial charge in [0.15, 0.2) is 6.10 Å². The fourth-order valence-corrected chi connectivity index (χ4v) is 4.73. The summed E-state index contributed by atoms with van der Waals surface area (Å²) in [5.41, 5.74) is 8.20. The molecule has 0 unspecified atom stereocenters. The molecule has 3 heteroatoms. The first-order valence-corrected chi connectivity index (χ1v) is 9.97. The Kier molecular flexibility index (Phi) is 3.82. The van der Waals surface area contributed by atoms with E-state index in [2.05, 4.69) is 62.5 Å². The van der Waals surface area contributed by atoms with E-state index in [0.29, 0.717) is 0 Å². The molecule has 28 heavy (non-hydrogen) atoms. The van der Waals surface area contributed by atoms with Gasteiger partial charge in [0.05, 0.1) is 5.54 Å². The average Bonchev–Trinajstić information content (AvgIpc) is 2.65. The second-order valence-electron chi connectivity index (χ2n) is 8.17. The topological polar surface area (TPSA) is 21.3 Å². The number of anilines is 1. The summed E-state index contributed by atoms with van der Waals surface area (Å²) in [6, 6.07) is 20.7. The molecule has 0 aromatic heterocycles. The Bertz CT molecular complexity index is 1130. The highest BCUT2D eigenvalue weighted by Gasteiger charge is 2.34. The lowest BCUT2D eigenvalue weighted by atomic mass is 9.80. The number of hydrogen-bond donors (Lipinski definition) is 1. The predicted molar refractivity (Wildman–Crippen MR) is 117 cm³/mol. The van der Waals surface area contributed by atoms with Gasteiger partial charge in [0.2, 0.25) is 0 Å². The van der Waals surface area contributed by atoms with Crippen molar-refractivity contribution >= 4 is 22.9 Å². The van der Waals surface area contributed by atoms with E-state index in [1.807, 2.05) is 30.3 Å². The molecule has 1 N–H and O–H groups in total. The Morgan fingerprint density at radius 3 is 2.61 bits per heavy atom. The van der Waals surface area contributed by atoms with Gasteiger partial charge in [-0.15, -0.1) is 0 Å². The third kappa shape index (κ3) is 2.71. The summed E-state index contributed by atoms with van der Waals surface area (Å²) in [6.07, 6.45) is 2.09. The summed E-state index contributed by atoms with van der Waals surface area (Å²) in [4.78, 5) is 0. The molecular formula is C25H22ClNO. The zero-order valence-electron chi connectivity index (χ0n) is 16.2. The van der Waals surface area contributed by atoms with Crippen molar-refractivity contribution < 1.29 is 4.74 Å². The van der Waals surface area contributed by atoms with Gasteiger partial charge in [-0.05, 0) is 61.7 Å². The Balaban J connectivity index is 1.81. The number of ether oxygens (including phenoxy) is 1. The molecule has 0 aliphatic carbocycles. The molecular weight excluding hydrogens is 366 g/mol. The van der Waals surface area contributed by atoms with Gasteiger partial charge in [-0.2, -0.15) is 0 Å². The van der Waals surface area contributed by atoms with Crippen LogP contribution in [0.2, 0.25) is 5.02 Å². The number of para-hydroxylation sites is 1. The maximum absolute atomic E-state index is 6.55. The fraction of sp³-hybridized carbons (Fsp3) is 0.200. The van der Waals surface area contributed by atoms with E-state index in [1.165, 1.54) is 22.3 Å². The predicted octanol–water partition coefficient (Wildman–Crippen LogP) is 7.10. The molecule has 2 aliphatic rings. The Hall–Kier alpha value is -2.71. The van der Waals surface area contributed by atoms with Gasteiger partial charge in [-0.3, -0.25) is 0 Å². The van der Waals surface area contributed by atoms with Gasteiger partial charge >= 0.3 is 0 Å². The summed E-state index contributed by atoms with van der Waals surface area (Å²) in [5.74, 6) is 0.908. The van der Waals surface area contributed by atoms with Crippen LogP contribution in [0.5, 0.6) is 5.75 Å². The molecule has 140 valence electrons. The molecule has 1 atom stereocenters. The van der Waals surface area contributed by atoms with E-state index in [9.17, 15) is 0 Å². The first-order chi connectivity index (χ1) is 13.4. The fourth-order valence-electron chi connectivity index (χ4n) is 4.53. The van der Waals surface area contributed by atoms with Gasteiger partial charge in [0.1, 0.15) is 5.75 Å². The summed E-state index contributed by atoms with van der Waals surface area (Å²) in [5, 5.41) is 4.39. The van der Waals surface area contributed by atoms with Gasteiger partial charge in [-0.25, -0.2) is 0 Å². The quantitative estimate of drug-likeness (QED) is 0.481. The minimum absolute atomic E-state index is 0.0791. The monoisotopic (exact) mass is 387 g/mol. The minimum Gasteiger partial charge on any atom is -0.480 e. The summed E-state index contributed by atoms with van der Waals surface area (Å²) < 4.78 is 6.55. The summed E-state index contributed by atoms with van der Waals surface area (Å²) in [6.45, 7) is 6.58. The number of allylic oxidation sites excluding steroid dienone is 1. The maximum Gasteiger partial charge on any atom is 0.150 e. The van der Waals surface area contributed by atoms with Gasteiger partial charge < -0.3 is 10.1 Å². The lowest BCUT2D eigenvalue weighted by Gasteiger charge is -2.37. The van der Waals surface area contributed by atoms with Gasteiger partial charge in [-0.1, -0.05) is 54.1 Å². The van der Waals surface area contributed by atoms with Crippen LogP contribution in [0.25, 0.3) is 16.7 Å². The van der Waals surface area contributed by atoms with Crippen LogP contribution in [0.15, 0.2) is 66.7 Å². The van der Waals surface area contributed by atoms with Crippen LogP contribution in [0.1, 0.15) is 43.6 Å². The van der Waals surface area contributed by atoms with Crippen molar-refractivity contribution in [3.05, 3.63) is 88.5 Å². The van der Waals surface area contributed by atoms with E-state index in [-0.39, 0.29) is 11.6 Å². The molecule has 3 aromatic carbocycles. The Morgan fingerprint density at radius 2 is 1.79 bits per heavy atom. The van der Waals surface area contributed by atoms with E-state index < -0.39 is 0 Å². The van der Waals surface area contributed by atoms with Crippen LogP contribution in [-0.4, -0.2) is 5.54 Å². The van der Waals surface area contributed by atoms with Crippen LogP contribution in [0.3, 0.4) is 0 Å². The smallest absolute Gasteiger partial charge is 0.150 e. The highest BCUT2D eigenvalue weighted by atomic mass is 35.5. The van der Waals surface area contributed by atoms with Crippen LogP contribution >= 0.6 is 11.6 Å². The van der Waals surface area contributed by atoms with Crippen molar-refractivity contribution in [2.75, 3.05) is 5.32 Å². The van der Waals surface area contributed by atoms with E-state index in [4.69, 9.17) is 16.3 Å². The molecule has 0 saturated carbocycles. The highest BCUT2D eigenvalue weighted by Crippen LogP contribution is 2.50. The zero-order valence-corrected chi connectivity index (χ0v) is 17.0. The first kappa shape index (κ1) is 17.4. The van der Waals surface area contributed by atoms with Crippen molar-refractivity contribution in [2.45, 2.75) is 32.4 Å². The number of rotatable bonds is 1. The molecule has 0 saturated heterocycles. The van der Waals surface area contributed by atoms with Crippen LogP contribution in [0.4, 0.5) is 5.69 Å². The zero-order chi connectivity index (χ0) is 19.5. The SMILES string of the molecule is CC1=CC(C)(C)Nc2ccc3c(c21)[C@@H](c1cccc(Cl)c1)Oc1ccccc1-3. The lowest BCUT2D eigenvalue weighted by Crippen LogP contribution is -2.32. The Morgan fingerprint density at radius 1 is 0.964 bits per heavy atom. The van der Waals surface area contributed by atoms with Crippen molar-refractivity contribution in [1.82, 2.24) is 0 Å². The van der Waals surface area contributed by atoms with Crippen LogP contribution in [-0.2, 0) is 0 Å². The number of hydrogen-bond acceptors (Lipinski definition) is 2. The minimum atomic E-state index is -0.204. The molecule has 2 aliphatic heterocycles. The largest absolute Gasteiger partial charge is 0.480 e. The number of halogens is 1. The first-order valence-electron chi connectivity index (χ1n) is 9.59. The van der Waals surface area contributed by atoms with Crippen LogP contribution in [0, 0.1) is 0 Å². The molecule has 5 rings (SSSR count). The van der Waals surface area contributed by atoms with Crippen molar-refractivity contribution in [2.24, 2.45) is 0 Å². The van der Waals surface area contributed by atoms with E-state index in [0.717, 1.165) is 27.6 Å². The van der Waals surface area contributed by atoms with Gasteiger partial charge in [0, 0.05) is 27.4 Å². The number of fused-ring (bicyclic) bond motifs is 5. The summed E-state index contributed by atoms with van der Waals surface area (Å²) >= 11 is 6.32. The Labute approximate surface area is 170 Å². The van der Waals surface area contributed by atoms with E-state index >= 15 is 0 Å². The number of benzene rings is 3. The van der Waals surface area contributed by atoms with Crippen molar-refractivity contribution in [3.8, 4) is 16.9 Å². The molecule has 0 amide bonds. The van der Waals surface area contributed by atoms with Crippen molar-refractivity contribution in [3.63, 3.8) is 0 Å². The number of nitrogens with one attached hydrogen (secondary N) is 1. The van der Waals surface area contributed by atoms with E-state index in [1.54, 1.807) is 0 Å². The standard InChI is InChI=1S/C25H22ClNO/c1-15-14-25(2,3)27-20-12-11-19-18-9-4-5-10-21(18)28-24(23(19)22(15)20)16-7-6-8-17(26)13-16/h4-14,24,27H,1-3H3/t24-/m1/s1. The summed E-state index contributed by atoms with van der Waals surface area (Å²) in [7, 11) is 0. The molecule has 0 fully saturated rings. The normalized spacial score (nSPS) is 18.7. The highest BCUT2D eigenvalue weighted by molar-refractivity contribution is 6.30. The molecule has 2 heterocycles.